The molecule has 4 fully saturated rings. The topological polar surface area (TPSA) is 270 Å². The van der Waals surface area contributed by atoms with Gasteiger partial charge in [0, 0.05) is 75.9 Å². The number of amides is 12. The molecule has 6 rings (SSSR count). The molecule has 554 valence electrons. The summed E-state index contributed by atoms with van der Waals surface area (Å²) in [5.74, 6) is -9.48. The molecular formula is C72H106ClF3N12O12. The SMILES string of the molecule is CC[C@H](C)[C@@H]1NC(=O)[C@H](C)N(C)C(=O)C[C@@H](C(=O)N2CCCCC2)N(C)C(=O)[C@H](C(C)C)N(C)C(=O)C2(CCCC2)NC(=O)[C@H](Cc2ccccc2)N(C)C(=O)[C@H](CCc2ccc(C(F)(F)F)c(Cl)c2)NC(=O)CN(C)C(=O)[C@H](CC2CCCCC2)N(C)C(=O)CN(C)C(=O)CN(C)C1=O. The van der Waals surface area contributed by atoms with Gasteiger partial charge in [-0.3, -0.25) is 57.5 Å². The van der Waals surface area contributed by atoms with Gasteiger partial charge in [0.15, 0.2) is 0 Å². The molecule has 0 aromatic heterocycles. The fraction of sp³-hybridized carbons (Fsp3) is 0.667. The molecule has 2 aromatic rings. The van der Waals surface area contributed by atoms with Crippen molar-refractivity contribution in [3.05, 3.63) is 70.2 Å². The highest BCUT2D eigenvalue weighted by Gasteiger charge is 2.50. The number of nitrogens with zero attached hydrogens (tertiary/aromatic N) is 9. The van der Waals surface area contributed by atoms with E-state index in [9.17, 15) is 51.5 Å². The third-order valence-corrected chi connectivity index (χ3v) is 21.2. The Morgan fingerprint density at radius 3 is 1.81 bits per heavy atom. The second kappa shape index (κ2) is 36.2. The molecule has 24 nitrogen and oxygen atoms in total. The molecule has 0 unspecified atom stereocenters. The number of halogens is 4. The van der Waals surface area contributed by atoms with Gasteiger partial charge in [-0.05, 0) is 99.3 Å². The first kappa shape index (κ1) is 81.1. The van der Waals surface area contributed by atoms with Crippen molar-refractivity contribution >= 4 is 82.5 Å². The maximum Gasteiger partial charge on any atom is 0.417 e. The van der Waals surface area contributed by atoms with Crippen LogP contribution in [0.25, 0.3) is 0 Å². The molecule has 2 aliphatic carbocycles. The number of nitrogens with one attached hydrogen (secondary N) is 3. The lowest BCUT2D eigenvalue weighted by molar-refractivity contribution is -0.156. The van der Waals surface area contributed by atoms with Crippen molar-refractivity contribution in [1.82, 2.24) is 60.0 Å². The zero-order chi connectivity index (χ0) is 74.2. The number of hydrogen-bond acceptors (Lipinski definition) is 12. The lowest BCUT2D eigenvalue weighted by Gasteiger charge is -2.42. The van der Waals surface area contributed by atoms with Crippen LogP contribution in [0.5, 0.6) is 0 Å². The summed E-state index contributed by atoms with van der Waals surface area (Å²) in [6.07, 6.45) is 2.35. The lowest BCUT2D eigenvalue weighted by atomic mass is 9.84. The molecular weight excluding hydrogens is 1320 g/mol. The Labute approximate surface area is 592 Å². The highest BCUT2D eigenvalue weighted by molar-refractivity contribution is 6.31. The summed E-state index contributed by atoms with van der Waals surface area (Å²) < 4.78 is 41.8. The van der Waals surface area contributed by atoms with E-state index in [1.807, 2.05) is 6.92 Å². The van der Waals surface area contributed by atoms with Crippen molar-refractivity contribution in [2.24, 2.45) is 17.8 Å². The highest BCUT2D eigenvalue weighted by Crippen LogP contribution is 2.37. The predicted octanol–water partition coefficient (Wildman–Crippen LogP) is 5.55. The van der Waals surface area contributed by atoms with E-state index in [1.165, 1.54) is 79.2 Å². The van der Waals surface area contributed by atoms with Crippen LogP contribution in [-0.4, -0.2) is 252 Å². The molecule has 0 bridgehead atoms. The molecule has 1 spiro atoms. The number of carbonyl (C=O) groups excluding carboxylic acids is 12. The van der Waals surface area contributed by atoms with Crippen molar-refractivity contribution < 1.29 is 70.7 Å². The number of likely N-dealkylation sites (N-methyl/N-ethyl adjacent to an activating group) is 8. The van der Waals surface area contributed by atoms with Gasteiger partial charge in [0.25, 0.3) is 0 Å². The second-order valence-electron chi connectivity index (χ2n) is 28.5. The van der Waals surface area contributed by atoms with E-state index in [1.54, 1.807) is 56.0 Å². The number of benzene rings is 2. The average molecular weight is 1420 g/mol. The number of carbonyl (C=O) groups is 12. The van der Waals surface area contributed by atoms with Crippen molar-refractivity contribution in [3.8, 4) is 0 Å². The van der Waals surface area contributed by atoms with E-state index in [-0.39, 0.29) is 50.0 Å². The fourth-order valence-electron chi connectivity index (χ4n) is 14.1. The number of hydrogen-bond donors (Lipinski definition) is 3. The molecule has 4 aliphatic rings. The average Bonchev–Trinajstić information content (AvgIpc) is 1.45. The number of aryl methyl sites for hydroxylation is 1. The summed E-state index contributed by atoms with van der Waals surface area (Å²) in [6.45, 7) is 7.39. The Kier molecular flexibility index (Phi) is 29.3. The largest absolute Gasteiger partial charge is 0.417 e. The minimum Gasteiger partial charge on any atom is -0.343 e. The van der Waals surface area contributed by atoms with E-state index in [4.69, 9.17) is 11.6 Å². The van der Waals surface area contributed by atoms with Crippen LogP contribution in [0, 0.1) is 17.8 Å². The number of rotatable bonds is 11. The molecule has 2 aliphatic heterocycles. The first-order valence-corrected chi connectivity index (χ1v) is 35.6. The van der Waals surface area contributed by atoms with Crippen LogP contribution in [0.15, 0.2) is 48.5 Å². The van der Waals surface area contributed by atoms with Gasteiger partial charge < -0.3 is 60.0 Å². The van der Waals surface area contributed by atoms with Crippen LogP contribution >= 0.6 is 11.6 Å². The Hall–Kier alpha value is -7.84. The van der Waals surface area contributed by atoms with Gasteiger partial charge in [-0.1, -0.05) is 127 Å². The summed E-state index contributed by atoms with van der Waals surface area (Å²) in [7, 11) is 11.0. The summed E-state index contributed by atoms with van der Waals surface area (Å²) in [6, 6.07) is 2.56. The van der Waals surface area contributed by atoms with Crippen LogP contribution in [0.1, 0.15) is 154 Å². The molecule has 2 aromatic carbocycles. The standard InChI is InChI=1S/C72H106ClF3N12O12/c1-14-46(4)61-68(98)82(8)43-59(91)80(6)44-60(92)84(10)55(40-49-28-20-16-21-29-49)66(96)81(7)42-57(89)77-53(33-31-50-30-32-51(52(73)38-50)72(74,75)76)65(95)85(11)54(39-48-26-18-15-19-27-48)64(94)79-71(34-22-23-35-71)70(100)87(13)62(45(2)3)69(99)86(12)56(67(97)88-36-24-17-25-37-88)41-58(90)83(9)47(5)63(93)78-61/h15,18-19,26-27,30,32,38,45-47,49,53-56,61-62H,14,16-17,20-25,28-29,31,33-37,39-44H2,1-13H3,(H,77,89)(H,78,93)(H,79,94)/t46-,47-,53-,54-,55-,56-,61-,62-/m0/s1. The molecule has 2 saturated heterocycles. The zero-order valence-electron chi connectivity index (χ0n) is 60.6. The smallest absolute Gasteiger partial charge is 0.343 e. The van der Waals surface area contributed by atoms with Crippen LogP contribution in [0.4, 0.5) is 13.2 Å². The molecule has 28 heteroatoms. The van der Waals surface area contributed by atoms with Gasteiger partial charge in [0.2, 0.25) is 70.9 Å². The summed E-state index contributed by atoms with van der Waals surface area (Å²) in [5, 5.41) is 7.98. The van der Waals surface area contributed by atoms with Crippen molar-refractivity contribution in [2.75, 3.05) is 89.1 Å². The van der Waals surface area contributed by atoms with Gasteiger partial charge in [0.1, 0.15) is 47.8 Å². The minimum atomic E-state index is -4.78. The Morgan fingerprint density at radius 2 is 1.22 bits per heavy atom. The second-order valence-corrected chi connectivity index (χ2v) is 28.9. The number of alkyl halides is 3. The van der Waals surface area contributed by atoms with Crippen molar-refractivity contribution in [3.63, 3.8) is 0 Å². The van der Waals surface area contributed by atoms with E-state index in [0.717, 1.165) is 80.1 Å². The first-order valence-electron chi connectivity index (χ1n) is 35.2. The van der Waals surface area contributed by atoms with Gasteiger partial charge in [-0.15, -0.1) is 0 Å². The van der Waals surface area contributed by atoms with E-state index >= 15 is 19.2 Å². The molecule has 3 N–H and O–H groups in total. The van der Waals surface area contributed by atoms with Crippen molar-refractivity contribution in [2.45, 2.75) is 204 Å². The van der Waals surface area contributed by atoms with Gasteiger partial charge in [0.05, 0.1) is 36.6 Å². The van der Waals surface area contributed by atoms with E-state index < -0.39 is 173 Å². The monoisotopic (exact) mass is 1420 g/mol. The quantitative estimate of drug-likeness (QED) is 0.250. The normalized spacial score (nSPS) is 25.2. The van der Waals surface area contributed by atoms with Crippen LogP contribution in [-0.2, 0) is 76.6 Å². The maximum absolute atomic E-state index is 15.6. The summed E-state index contributed by atoms with van der Waals surface area (Å²) in [4.78, 5) is 189. The van der Waals surface area contributed by atoms with Crippen LogP contribution < -0.4 is 16.0 Å². The summed E-state index contributed by atoms with van der Waals surface area (Å²) >= 11 is 6.18. The Bertz CT molecular complexity index is 3250. The Balaban J connectivity index is 1.45. The van der Waals surface area contributed by atoms with Gasteiger partial charge in [-0.25, -0.2) is 0 Å². The zero-order valence-corrected chi connectivity index (χ0v) is 61.3. The first-order chi connectivity index (χ1) is 47.0. The van der Waals surface area contributed by atoms with Crippen molar-refractivity contribution in [1.29, 1.82) is 0 Å². The molecule has 0 radical (unpaired) electrons. The third kappa shape index (κ3) is 20.7. The Morgan fingerprint density at radius 1 is 0.620 bits per heavy atom. The van der Waals surface area contributed by atoms with E-state index in [2.05, 4.69) is 16.0 Å². The number of piperidine rings is 1. The van der Waals surface area contributed by atoms with Crippen LogP contribution in [0.3, 0.4) is 0 Å². The predicted molar refractivity (Wildman–Crippen MR) is 370 cm³/mol. The minimum absolute atomic E-state index is 0.00299. The molecule has 8 atom stereocenters. The molecule has 12 amide bonds. The van der Waals surface area contributed by atoms with Gasteiger partial charge >= 0.3 is 6.18 Å². The number of likely N-dealkylation sites (tertiary alicyclic amines) is 1. The lowest BCUT2D eigenvalue weighted by Crippen LogP contribution is -2.65. The third-order valence-electron chi connectivity index (χ3n) is 20.9. The fourth-order valence-corrected chi connectivity index (χ4v) is 14.4. The van der Waals surface area contributed by atoms with Crippen LogP contribution in [0.2, 0.25) is 5.02 Å². The molecule has 2 heterocycles. The molecule has 100 heavy (non-hydrogen) atoms. The van der Waals surface area contributed by atoms with Gasteiger partial charge in [-0.2, -0.15) is 13.2 Å². The van der Waals surface area contributed by atoms with E-state index in [0.29, 0.717) is 50.8 Å². The maximum atomic E-state index is 15.6. The highest BCUT2D eigenvalue weighted by atomic mass is 35.5. The molecule has 2 saturated carbocycles. The summed E-state index contributed by atoms with van der Waals surface area (Å²) in [5.41, 5.74) is -1.89.